The minimum Gasteiger partial charge on any atom is -0.437 e. The molecular weight excluding hydrogens is 256 g/mol. The number of rotatable bonds is 0. The maximum Gasteiger partial charge on any atom is 0.351 e. The van der Waals surface area contributed by atoms with Crippen molar-refractivity contribution in [1.29, 1.82) is 0 Å². The van der Waals surface area contributed by atoms with E-state index in [1.807, 2.05) is 27.7 Å². The molecule has 0 bridgehead atoms. The predicted octanol–water partition coefficient (Wildman–Crippen LogP) is 2.21. The molecule has 1 N–H and O–H groups in total. The molecule has 0 aromatic heterocycles. The number of fused-ring (bicyclic) bond motifs is 2. The minimum atomic E-state index is -0.691. The molecule has 2 heterocycles. The van der Waals surface area contributed by atoms with Gasteiger partial charge in [0.05, 0.1) is 0 Å². The Balaban J connectivity index is 2.63. The number of nitrogens with one attached hydrogen (secondary N) is 1. The number of hydrogen-bond acceptors (Lipinski definition) is 4. The Morgan fingerprint density at radius 2 is 1.65 bits per heavy atom. The molecule has 102 valence electrons. The summed E-state index contributed by atoms with van der Waals surface area (Å²) in [7, 11) is 0. The van der Waals surface area contributed by atoms with Crippen LogP contribution >= 0.6 is 0 Å². The zero-order valence-corrected chi connectivity index (χ0v) is 11.7. The van der Waals surface area contributed by atoms with Crippen molar-refractivity contribution >= 4 is 11.0 Å². The zero-order chi connectivity index (χ0) is 14.6. The Morgan fingerprint density at radius 3 is 2.35 bits per heavy atom. The average molecular weight is 270 g/mol. The predicted molar refractivity (Wildman–Crippen MR) is 76.5 cm³/mol. The summed E-state index contributed by atoms with van der Waals surface area (Å²) in [5.41, 5.74) is 4.20. The molecule has 20 heavy (non-hydrogen) atoms. The molecule has 0 spiro atoms. The van der Waals surface area contributed by atoms with E-state index in [1.54, 1.807) is 6.07 Å². The summed E-state index contributed by atoms with van der Waals surface area (Å²) < 4.78 is 5.72. The van der Waals surface area contributed by atoms with Crippen LogP contribution in [0.15, 0.2) is 20.1 Å². The van der Waals surface area contributed by atoms with E-state index in [0.717, 1.165) is 22.1 Å². The summed E-state index contributed by atoms with van der Waals surface area (Å²) >= 11 is 0. The molecule has 0 fully saturated rings. The van der Waals surface area contributed by atoms with E-state index in [0.29, 0.717) is 11.1 Å². The maximum absolute atomic E-state index is 11.8. The highest BCUT2D eigenvalue weighted by Gasteiger charge is 2.18. The van der Waals surface area contributed by atoms with Crippen molar-refractivity contribution in [1.82, 2.24) is 9.97 Å². The molecule has 0 radical (unpaired) electrons. The molecule has 2 aliphatic rings. The lowest BCUT2D eigenvalue weighted by Crippen LogP contribution is -2.24. The number of aromatic nitrogens is 2. The van der Waals surface area contributed by atoms with E-state index in [9.17, 15) is 9.59 Å². The van der Waals surface area contributed by atoms with Gasteiger partial charge in [-0.1, -0.05) is 0 Å². The van der Waals surface area contributed by atoms with Gasteiger partial charge in [-0.3, -0.25) is 9.78 Å². The number of benzene rings is 1. The number of nitrogens with zero attached hydrogens (tertiary/aromatic N) is 1. The largest absolute Gasteiger partial charge is 0.437 e. The first-order chi connectivity index (χ1) is 9.40. The van der Waals surface area contributed by atoms with Gasteiger partial charge in [-0.05, 0) is 56.0 Å². The topological polar surface area (TPSA) is 76.0 Å². The third-order valence-electron chi connectivity index (χ3n) is 4.06. The van der Waals surface area contributed by atoms with Crippen molar-refractivity contribution in [2.24, 2.45) is 0 Å². The van der Waals surface area contributed by atoms with E-state index in [-0.39, 0.29) is 5.89 Å². The molecule has 3 rings (SSSR count). The number of aryl methyl sites for hydroxylation is 2. The number of aromatic amines is 1. The molecule has 0 amide bonds. The third kappa shape index (κ3) is 1.59. The molecule has 0 saturated carbocycles. The molecule has 0 unspecified atom stereocenters. The van der Waals surface area contributed by atoms with Gasteiger partial charge in [0.1, 0.15) is 11.1 Å². The first-order valence-electron chi connectivity index (χ1n) is 6.34. The lowest BCUT2D eigenvalue weighted by molar-refractivity contribution is 0.588. The Kier molecular flexibility index (Phi) is 2.54. The summed E-state index contributed by atoms with van der Waals surface area (Å²) in [5.74, 6) is 0.0806. The van der Waals surface area contributed by atoms with E-state index < -0.39 is 11.2 Å². The highest BCUT2D eigenvalue weighted by Crippen LogP contribution is 2.32. The molecule has 1 aromatic carbocycles. The second kappa shape index (κ2) is 4.03. The van der Waals surface area contributed by atoms with E-state index in [1.165, 1.54) is 5.56 Å². The fourth-order valence-electron chi connectivity index (χ4n) is 2.50. The molecule has 5 heteroatoms. The standard InChI is InChI=1S/C15H14N2O3/c1-6-7(2)9(4)12-10(8(6)3)5-11-13(18)16-15(19)17-14(11)20-12/h5H,1-4H3,(H,16,18,19). The van der Waals surface area contributed by atoms with Gasteiger partial charge in [0.25, 0.3) is 5.56 Å². The van der Waals surface area contributed by atoms with Crippen LogP contribution in [0.25, 0.3) is 22.4 Å². The fraction of sp³-hybridized carbons (Fsp3) is 0.267. The van der Waals surface area contributed by atoms with Crippen molar-refractivity contribution in [2.45, 2.75) is 27.7 Å². The number of hydrogen-bond donors (Lipinski definition) is 1. The second-order valence-electron chi connectivity index (χ2n) is 5.08. The summed E-state index contributed by atoms with van der Waals surface area (Å²) in [5, 5.41) is 0.879. The summed E-state index contributed by atoms with van der Waals surface area (Å²) in [6.07, 6.45) is 0. The Morgan fingerprint density at radius 1 is 1.00 bits per heavy atom. The Labute approximate surface area is 114 Å². The van der Waals surface area contributed by atoms with Gasteiger partial charge in [-0.25, -0.2) is 4.79 Å². The van der Waals surface area contributed by atoms with E-state index >= 15 is 0 Å². The Bertz CT molecular complexity index is 935. The monoisotopic (exact) mass is 270 g/mol. The van der Waals surface area contributed by atoms with Crippen LogP contribution in [-0.2, 0) is 0 Å². The average Bonchev–Trinajstić information content (AvgIpc) is 2.41. The van der Waals surface area contributed by atoms with Gasteiger partial charge in [-0.15, -0.1) is 0 Å². The van der Waals surface area contributed by atoms with Gasteiger partial charge >= 0.3 is 5.69 Å². The van der Waals surface area contributed by atoms with Crippen LogP contribution in [0.3, 0.4) is 0 Å². The fourth-order valence-corrected chi connectivity index (χ4v) is 2.50. The third-order valence-corrected chi connectivity index (χ3v) is 4.06. The maximum atomic E-state index is 11.8. The molecule has 0 saturated heterocycles. The van der Waals surface area contributed by atoms with Crippen molar-refractivity contribution in [3.8, 4) is 11.5 Å². The van der Waals surface area contributed by atoms with Crippen LogP contribution in [0.5, 0.6) is 0 Å². The van der Waals surface area contributed by atoms with Gasteiger partial charge in [-0.2, -0.15) is 4.98 Å². The smallest absolute Gasteiger partial charge is 0.351 e. The molecular formula is C15H14N2O3. The SMILES string of the molecule is Cc1c(C)c(C)c2oc3nc(=O)[nH]c(=O)c-3cc2c1C. The van der Waals surface area contributed by atoms with Crippen LogP contribution in [-0.4, -0.2) is 9.97 Å². The summed E-state index contributed by atoms with van der Waals surface area (Å²) in [6, 6.07) is 1.74. The van der Waals surface area contributed by atoms with Crippen LogP contribution < -0.4 is 11.2 Å². The first kappa shape index (κ1) is 12.6. The normalized spacial score (nSPS) is 11.4. The quantitative estimate of drug-likeness (QED) is 0.635. The van der Waals surface area contributed by atoms with Crippen LogP contribution in [0, 0.1) is 27.7 Å². The van der Waals surface area contributed by atoms with Gasteiger partial charge < -0.3 is 4.42 Å². The van der Waals surface area contributed by atoms with Gasteiger partial charge in [0.15, 0.2) is 0 Å². The lowest BCUT2D eigenvalue weighted by atomic mass is 9.94. The number of H-pyrrole nitrogens is 1. The zero-order valence-electron chi connectivity index (χ0n) is 11.7. The van der Waals surface area contributed by atoms with E-state index in [4.69, 9.17) is 4.42 Å². The minimum absolute atomic E-state index is 0.0806. The van der Waals surface area contributed by atoms with Gasteiger partial charge in [0.2, 0.25) is 5.89 Å². The van der Waals surface area contributed by atoms with Crippen LogP contribution in [0.1, 0.15) is 22.3 Å². The first-order valence-corrected chi connectivity index (χ1v) is 6.34. The molecule has 5 nitrogen and oxygen atoms in total. The Hall–Kier alpha value is -2.43. The van der Waals surface area contributed by atoms with Crippen molar-refractivity contribution < 1.29 is 4.42 Å². The summed E-state index contributed by atoms with van der Waals surface area (Å²) in [4.78, 5) is 29.0. The summed E-state index contributed by atoms with van der Waals surface area (Å²) in [6.45, 7) is 8.03. The van der Waals surface area contributed by atoms with Gasteiger partial charge in [0, 0.05) is 5.39 Å². The second-order valence-corrected chi connectivity index (χ2v) is 5.08. The van der Waals surface area contributed by atoms with Crippen molar-refractivity contribution in [2.75, 3.05) is 0 Å². The van der Waals surface area contributed by atoms with Crippen LogP contribution in [0.2, 0.25) is 0 Å². The van der Waals surface area contributed by atoms with Crippen molar-refractivity contribution in [3.63, 3.8) is 0 Å². The lowest BCUT2D eigenvalue weighted by Gasteiger charge is -2.14. The highest BCUT2D eigenvalue weighted by atomic mass is 16.3. The molecule has 1 aromatic rings. The van der Waals surface area contributed by atoms with Crippen molar-refractivity contribution in [3.05, 3.63) is 49.2 Å². The highest BCUT2D eigenvalue weighted by molar-refractivity contribution is 5.89. The van der Waals surface area contributed by atoms with Crippen LogP contribution in [0.4, 0.5) is 0 Å². The molecule has 0 aliphatic carbocycles. The van der Waals surface area contributed by atoms with E-state index in [2.05, 4.69) is 9.97 Å². The molecule has 2 aliphatic heterocycles. The molecule has 0 atom stereocenters.